The lowest BCUT2D eigenvalue weighted by molar-refractivity contribution is -0.141. The van der Waals surface area contributed by atoms with Crippen LogP contribution in [-0.2, 0) is 20.9 Å². The molecule has 0 aliphatic carbocycles. The Morgan fingerprint density at radius 2 is 2.21 bits per heavy atom. The van der Waals surface area contributed by atoms with Gasteiger partial charge >= 0.3 is 11.7 Å². The van der Waals surface area contributed by atoms with E-state index < -0.39 is 17.6 Å². The van der Waals surface area contributed by atoms with Gasteiger partial charge in [0.15, 0.2) is 0 Å². The van der Waals surface area contributed by atoms with E-state index in [9.17, 15) is 14.4 Å². The van der Waals surface area contributed by atoms with Crippen molar-refractivity contribution < 1.29 is 14.3 Å². The molecule has 1 N–H and O–H groups in total. The van der Waals surface area contributed by atoms with E-state index >= 15 is 0 Å². The van der Waals surface area contributed by atoms with Gasteiger partial charge in [-0.15, -0.1) is 11.8 Å². The number of rotatable bonds is 5. The van der Waals surface area contributed by atoms with Gasteiger partial charge in [-0.05, 0) is 19.2 Å². The molecule has 1 heterocycles. The summed E-state index contributed by atoms with van der Waals surface area (Å²) in [5, 5.41) is 2.96. The molecule has 0 saturated carbocycles. The first-order chi connectivity index (χ1) is 8.97. The van der Waals surface area contributed by atoms with Crippen LogP contribution in [-0.4, -0.2) is 41.3 Å². The van der Waals surface area contributed by atoms with Gasteiger partial charge in [-0.25, -0.2) is 4.79 Å². The van der Waals surface area contributed by atoms with Gasteiger partial charge < -0.3 is 10.1 Å². The zero-order valence-corrected chi connectivity index (χ0v) is 11.7. The SMILES string of the molecule is COC(=O)CNC(=O)Cn1c(C)cc(SC)nc1=O. The zero-order chi connectivity index (χ0) is 14.4. The Morgan fingerprint density at radius 3 is 2.74 bits per heavy atom. The quantitative estimate of drug-likeness (QED) is 0.448. The highest BCUT2D eigenvalue weighted by molar-refractivity contribution is 7.98. The minimum atomic E-state index is -0.548. The monoisotopic (exact) mass is 285 g/mol. The van der Waals surface area contributed by atoms with Crippen molar-refractivity contribution in [3.8, 4) is 0 Å². The number of nitrogens with one attached hydrogen (secondary N) is 1. The Labute approximate surface area is 114 Å². The summed E-state index contributed by atoms with van der Waals surface area (Å²) >= 11 is 1.36. The van der Waals surface area contributed by atoms with E-state index in [1.807, 2.05) is 6.26 Å². The molecule has 104 valence electrons. The van der Waals surface area contributed by atoms with Crippen LogP contribution >= 0.6 is 11.8 Å². The van der Waals surface area contributed by atoms with Crippen LogP contribution in [0.25, 0.3) is 0 Å². The number of nitrogens with zero attached hydrogens (tertiary/aromatic N) is 2. The maximum Gasteiger partial charge on any atom is 0.349 e. The van der Waals surface area contributed by atoms with Gasteiger partial charge in [0.2, 0.25) is 5.91 Å². The number of carbonyl (C=O) groups is 2. The van der Waals surface area contributed by atoms with Crippen molar-refractivity contribution in [1.29, 1.82) is 0 Å². The predicted molar refractivity (Wildman–Crippen MR) is 70.0 cm³/mol. The Hall–Kier alpha value is -1.83. The lowest BCUT2D eigenvalue weighted by Gasteiger charge is -2.10. The van der Waals surface area contributed by atoms with Crippen LogP contribution in [0.1, 0.15) is 5.69 Å². The van der Waals surface area contributed by atoms with Crippen molar-refractivity contribution in [2.75, 3.05) is 19.9 Å². The van der Waals surface area contributed by atoms with Crippen molar-refractivity contribution in [3.63, 3.8) is 0 Å². The molecule has 0 fully saturated rings. The second-order valence-electron chi connectivity index (χ2n) is 3.66. The summed E-state index contributed by atoms with van der Waals surface area (Å²) in [5.41, 5.74) is 0.148. The third kappa shape index (κ3) is 4.40. The molecule has 0 bridgehead atoms. The highest BCUT2D eigenvalue weighted by atomic mass is 32.2. The maximum atomic E-state index is 11.7. The Bertz CT molecular complexity index is 541. The molecule has 8 heteroatoms. The summed E-state index contributed by atoms with van der Waals surface area (Å²) in [4.78, 5) is 38.0. The van der Waals surface area contributed by atoms with Gasteiger partial charge in [-0.3, -0.25) is 14.2 Å². The van der Waals surface area contributed by atoms with Crippen molar-refractivity contribution in [3.05, 3.63) is 22.2 Å². The summed E-state index contributed by atoms with van der Waals surface area (Å²) in [5.74, 6) is -0.998. The van der Waals surface area contributed by atoms with Crippen LogP contribution in [0.3, 0.4) is 0 Å². The number of carbonyl (C=O) groups excluding carboxylic acids is 2. The summed E-state index contributed by atoms with van der Waals surface area (Å²) in [7, 11) is 1.23. The van der Waals surface area contributed by atoms with Crippen molar-refractivity contribution in [2.24, 2.45) is 0 Å². The van der Waals surface area contributed by atoms with Gasteiger partial charge in [0, 0.05) is 5.69 Å². The Balaban J connectivity index is 2.75. The lowest BCUT2D eigenvalue weighted by Crippen LogP contribution is -2.37. The molecule has 0 aromatic carbocycles. The maximum absolute atomic E-state index is 11.7. The number of aromatic nitrogens is 2. The van der Waals surface area contributed by atoms with Crippen LogP contribution in [0.15, 0.2) is 15.9 Å². The van der Waals surface area contributed by atoms with E-state index in [1.165, 1.54) is 23.4 Å². The largest absolute Gasteiger partial charge is 0.468 e. The molecule has 0 aliphatic heterocycles. The topological polar surface area (TPSA) is 90.3 Å². The highest BCUT2D eigenvalue weighted by Crippen LogP contribution is 2.09. The summed E-state index contributed by atoms with van der Waals surface area (Å²) in [6.07, 6.45) is 1.81. The highest BCUT2D eigenvalue weighted by Gasteiger charge is 2.10. The lowest BCUT2D eigenvalue weighted by atomic mass is 10.4. The molecule has 0 atom stereocenters. The third-order valence-electron chi connectivity index (χ3n) is 2.36. The first-order valence-electron chi connectivity index (χ1n) is 5.44. The zero-order valence-electron chi connectivity index (χ0n) is 10.9. The summed E-state index contributed by atoms with van der Waals surface area (Å²) < 4.78 is 5.63. The Kier molecular flexibility index (Phi) is 5.56. The molecule has 1 aromatic rings. The summed E-state index contributed by atoms with van der Waals surface area (Å²) in [6.45, 7) is 1.32. The molecule has 1 amide bonds. The van der Waals surface area contributed by atoms with Crippen LogP contribution in [0.2, 0.25) is 0 Å². The van der Waals surface area contributed by atoms with E-state index in [2.05, 4.69) is 15.0 Å². The minimum Gasteiger partial charge on any atom is -0.468 e. The standard InChI is InChI=1S/C11H15N3O4S/c1-7-4-9(19-3)13-11(17)14(7)6-8(15)12-5-10(16)18-2/h4H,5-6H2,1-3H3,(H,12,15). The number of aryl methyl sites for hydroxylation is 1. The number of hydrogen-bond acceptors (Lipinski definition) is 6. The van der Waals surface area contributed by atoms with E-state index in [4.69, 9.17) is 0 Å². The van der Waals surface area contributed by atoms with E-state index in [1.54, 1.807) is 13.0 Å². The molecule has 0 radical (unpaired) electrons. The molecule has 1 rings (SSSR count). The normalized spacial score (nSPS) is 10.1. The van der Waals surface area contributed by atoms with Crippen LogP contribution < -0.4 is 11.0 Å². The fraction of sp³-hybridized carbons (Fsp3) is 0.455. The third-order valence-corrected chi connectivity index (χ3v) is 2.99. The molecule has 0 spiro atoms. The number of esters is 1. The number of thioether (sulfide) groups is 1. The average molecular weight is 285 g/mol. The molecular formula is C11H15N3O4S. The molecular weight excluding hydrogens is 270 g/mol. The molecule has 19 heavy (non-hydrogen) atoms. The first kappa shape index (κ1) is 15.2. The molecule has 0 saturated heterocycles. The summed E-state index contributed by atoms with van der Waals surface area (Å²) in [6, 6.07) is 1.72. The van der Waals surface area contributed by atoms with E-state index in [0.717, 1.165) is 0 Å². The van der Waals surface area contributed by atoms with E-state index in [-0.39, 0.29) is 13.1 Å². The first-order valence-corrected chi connectivity index (χ1v) is 6.66. The van der Waals surface area contributed by atoms with Gasteiger partial charge in [-0.2, -0.15) is 4.98 Å². The van der Waals surface area contributed by atoms with Crippen LogP contribution in [0, 0.1) is 6.92 Å². The number of methoxy groups -OCH3 is 1. The van der Waals surface area contributed by atoms with E-state index in [0.29, 0.717) is 10.7 Å². The van der Waals surface area contributed by atoms with Crippen molar-refractivity contribution in [2.45, 2.75) is 18.5 Å². The molecule has 7 nitrogen and oxygen atoms in total. The minimum absolute atomic E-state index is 0.177. The van der Waals surface area contributed by atoms with Crippen molar-refractivity contribution in [1.82, 2.24) is 14.9 Å². The van der Waals surface area contributed by atoms with Crippen LogP contribution in [0.5, 0.6) is 0 Å². The molecule has 0 unspecified atom stereocenters. The van der Waals surface area contributed by atoms with Crippen molar-refractivity contribution >= 4 is 23.6 Å². The van der Waals surface area contributed by atoms with Gasteiger partial charge in [0.05, 0.1) is 7.11 Å². The van der Waals surface area contributed by atoms with Gasteiger partial charge in [0.1, 0.15) is 18.1 Å². The number of ether oxygens (including phenoxy) is 1. The van der Waals surface area contributed by atoms with Crippen LogP contribution in [0.4, 0.5) is 0 Å². The van der Waals surface area contributed by atoms with Gasteiger partial charge in [-0.1, -0.05) is 0 Å². The number of hydrogen-bond donors (Lipinski definition) is 1. The van der Waals surface area contributed by atoms with Gasteiger partial charge in [0.25, 0.3) is 0 Å². The smallest absolute Gasteiger partial charge is 0.349 e. The fourth-order valence-electron chi connectivity index (χ4n) is 1.33. The average Bonchev–Trinajstić information content (AvgIpc) is 2.39. The second kappa shape index (κ2) is 6.93. The molecule has 1 aromatic heterocycles. The number of amides is 1. The predicted octanol–water partition coefficient (Wildman–Crippen LogP) is -0.437. The Morgan fingerprint density at radius 1 is 1.53 bits per heavy atom. The fourth-order valence-corrected chi connectivity index (χ4v) is 1.79. The molecule has 0 aliphatic rings. The second-order valence-corrected chi connectivity index (χ2v) is 4.49.